The molecule has 1 atom stereocenters. The van der Waals surface area contributed by atoms with Gasteiger partial charge >= 0.3 is 0 Å². The molecule has 0 saturated heterocycles. The van der Waals surface area contributed by atoms with E-state index in [1.165, 1.54) is 18.2 Å². The molecule has 0 aliphatic carbocycles. The Morgan fingerprint density at radius 3 is 2.74 bits per heavy atom. The first-order valence-electron chi connectivity index (χ1n) is 8.44. The van der Waals surface area contributed by atoms with Crippen molar-refractivity contribution in [1.82, 2.24) is 20.4 Å². The molecule has 8 heteroatoms. The fraction of sp³-hybridized carbons (Fsp3) is 0.263. The highest BCUT2D eigenvalue weighted by atomic mass is 19.1. The highest BCUT2D eigenvalue weighted by Crippen LogP contribution is 2.23. The van der Waals surface area contributed by atoms with Crippen LogP contribution in [0.3, 0.4) is 0 Å². The van der Waals surface area contributed by atoms with Crippen LogP contribution in [0.15, 0.2) is 53.3 Å². The van der Waals surface area contributed by atoms with Crippen molar-refractivity contribution in [2.75, 3.05) is 6.61 Å². The van der Waals surface area contributed by atoms with Gasteiger partial charge in [-0.15, -0.1) is 0 Å². The first-order valence-corrected chi connectivity index (χ1v) is 8.44. The third-order valence-corrected chi connectivity index (χ3v) is 3.80. The van der Waals surface area contributed by atoms with Crippen molar-refractivity contribution in [2.24, 2.45) is 5.92 Å². The topological polar surface area (TPSA) is 90.1 Å². The van der Waals surface area contributed by atoms with Crippen molar-refractivity contribution in [1.29, 1.82) is 0 Å². The van der Waals surface area contributed by atoms with Gasteiger partial charge in [0.15, 0.2) is 6.61 Å². The zero-order valence-corrected chi connectivity index (χ0v) is 14.9. The van der Waals surface area contributed by atoms with Crippen molar-refractivity contribution in [2.45, 2.75) is 19.9 Å². The van der Waals surface area contributed by atoms with Gasteiger partial charge in [0, 0.05) is 24.0 Å². The highest BCUT2D eigenvalue weighted by molar-refractivity contribution is 5.78. The molecule has 0 spiro atoms. The minimum absolute atomic E-state index is 0.00820. The van der Waals surface area contributed by atoms with Gasteiger partial charge in [0.05, 0.1) is 0 Å². The number of halogens is 1. The summed E-state index contributed by atoms with van der Waals surface area (Å²) >= 11 is 0. The molecule has 7 nitrogen and oxygen atoms in total. The van der Waals surface area contributed by atoms with Crippen LogP contribution >= 0.6 is 0 Å². The van der Waals surface area contributed by atoms with Gasteiger partial charge in [-0.2, -0.15) is 4.98 Å². The van der Waals surface area contributed by atoms with Gasteiger partial charge in [0.25, 0.3) is 5.91 Å². The van der Waals surface area contributed by atoms with E-state index in [1.807, 2.05) is 13.8 Å². The van der Waals surface area contributed by atoms with Gasteiger partial charge in [-0.3, -0.25) is 9.78 Å². The molecule has 140 valence electrons. The number of carbonyl (C=O) groups is 1. The number of aromatic nitrogens is 3. The van der Waals surface area contributed by atoms with Crippen molar-refractivity contribution < 1.29 is 18.4 Å². The summed E-state index contributed by atoms with van der Waals surface area (Å²) < 4.78 is 23.8. The fourth-order valence-corrected chi connectivity index (χ4v) is 2.41. The number of hydrogen-bond donors (Lipinski definition) is 1. The SMILES string of the molecule is CC(C)[C@H](NC(=O)COc1cccc(F)c1)c1nc(-c2ccncc2)no1. The number of nitrogens with zero attached hydrogens (tertiary/aromatic N) is 3. The molecule has 0 saturated carbocycles. The van der Waals surface area contributed by atoms with Gasteiger partial charge in [-0.1, -0.05) is 25.1 Å². The number of amides is 1. The molecule has 0 bridgehead atoms. The highest BCUT2D eigenvalue weighted by Gasteiger charge is 2.25. The summed E-state index contributed by atoms with van der Waals surface area (Å²) in [6.45, 7) is 3.60. The maximum absolute atomic E-state index is 13.2. The van der Waals surface area contributed by atoms with E-state index in [0.29, 0.717) is 11.7 Å². The van der Waals surface area contributed by atoms with Gasteiger partial charge in [0.2, 0.25) is 11.7 Å². The quantitative estimate of drug-likeness (QED) is 0.687. The van der Waals surface area contributed by atoms with E-state index in [4.69, 9.17) is 9.26 Å². The van der Waals surface area contributed by atoms with Crippen molar-refractivity contribution >= 4 is 5.91 Å². The van der Waals surface area contributed by atoms with E-state index in [1.54, 1.807) is 30.6 Å². The Morgan fingerprint density at radius 2 is 2.04 bits per heavy atom. The molecule has 0 radical (unpaired) electrons. The minimum atomic E-state index is -0.475. The summed E-state index contributed by atoms with van der Waals surface area (Å²) in [5, 5.41) is 6.78. The number of benzene rings is 1. The Morgan fingerprint density at radius 1 is 1.26 bits per heavy atom. The largest absolute Gasteiger partial charge is 0.484 e. The maximum atomic E-state index is 13.2. The van der Waals surface area contributed by atoms with E-state index in [-0.39, 0.29) is 24.2 Å². The van der Waals surface area contributed by atoms with Crippen LogP contribution in [-0.2, 0) is 4.79 Å². The Labute approximate surface area is 155 Å². The molecule has 1 amide bonds. The van der Waals surface area contributed by atoms with Crippen LogP contribution in [0, 0.1) is 11.7 Å². The molecule has 27 heavy (non-hydrogen) atoms. The van der Waals surface area contributed by atoms with E-state index in [0.717, 1.165) is 5.56 Å². The van der Waals surface area contributed by atoms with Crippen LogP contribution in [0.25, 0.3) is 11.4 Å². The van der Waals surface area contributed by atoms with Crippen molar-refractivity contribution in [3.05, 3.63) is 60.5 Å². The van der Waals surface area contributed by atoms with E-state index in [9.17, 15) is 9.18 Å². The second-order valence-electron chi connectivity index (χ2n) is 6.23. The normalized spacial score (nSPS) is 12.0. The lowest BCUT2D eigenvalue weighted by atomic mass is 10.0. The molecule has 1 aromatic carbocycles. The number of nitrogens with one attached hydrogen (secondary N) is 1. The lowest BCUT2D eigenvalue weighted by Crippen LogP contribution is -2.35. The minimum Gasteiger partial charge on any atom is -0.484 e. The molecular formula is C19H19FN4O3. The third kappa shape index (κ3) is 4.87. The van der Waals surface area contributed by atoms with Gasteiger partial charge < -0.3 is 14.6 Å². The summed E-state index contributed by atoms with van der Waals surface area (Å²) in [6.07, 6.45) is 3.27. The Bertz CT molecular complexity index is 899. The van der Waals surface area contributed by atoms with Crippen LogP contribution in [0.2, 0.25) is 0 Å². The Balaban J connectivity index is 1.65. The van der Waals surface area contributed by atoms with Gasteiger partial charge in [-0.25, -0.2) is 4.39 Å². The third-order valence-electron chi connectivity index (χ3n) is 3.80. The van der Waals surface area contributed by atoms with Gasteiger partial charge in [0.1, 0.15) is 17.6 Å². The molecule has 1 N–H and O–H groups in total. The molecule has 3 rings (SSSR count). The number of pyridine rings is 1. The van der Waals surface area contributed by atoms with E-state index in [2.05, 4.69) is 20.4 Å². The Kier molecular flexibility index (Phi) is 5.75. The second kappa shape index (κ2) is 8.39. The van der Waals surface area contributed by atoms with Gasteiger partial charge in [-0.05, 0) is 30.2 Å². The number of hydrogen-bond acceptors (Lipinski definition) is 6. The standard InChI is InChI=1S/C19H19FN4O3/c1-12(2)17(19-23-18(24-27-19)13-6-8-21-9-7-13)22-16(25)11-26-15-5-3-4-14(20)10-15/h3-10,12,17H,11H2,1-2H3,(H,22,25)/t17-/m0/s1. The van der Waals surface area contributed by atoms with Crippen LogP contribution < -0.4 is 10.1 Å². The lowest BCUT2D eigenvalue weighted by molar-refractivity contribution is -0.124. The predicted molar refractivity (Wildman–Crippen MR) is 95.1 cm³/mol. The first kappa shape index (κ1) is 18.5. The molecular weight excluding hydrogens is 351 g/mol. The number of ether oxygens (including phenoxy) is 1. The molecule has 0 aliphatic heterocycles. The smallest absolute Gasteiger partial charge is 0.258 e. The first-order chi connectivity index (χ1) is 13.0. The number of rotatable bonds is 7. The van der Waals surface area contributed by atoms with Crippen molar-refractivity contribution in [3.8, 4) is 17.1 Å². The molecule has 0 unspecified atom stereocenters. The summed E-state index contributed by atoms with van der Waals surface area (Å²) in [7, 11) is 0. The number of carbonyl (C=O) groups excluding carboxylic acids is 1. The average molecular weight is 370 g/mol. The monoisotopic (exact) mass is 370 g/mol. The summed E-state index contributed by atoms with van der Waals surface area (Å²) in [5.41, 5.74) is 0.767. The van der Waals surface area contributed by atoms with Crippen LogP contribution in [0.4, 0.5) is 4.39 Å². The van der Waals surface area contributed by atoms with Crippen LogP contribution in [0.1, 0.15) is 25.8 Å². The van der Waals surface area contributed by atoms with E-state index >= 15 is 0 Å². The zero-order valence-electron chi connectivity index (χ0n) is 14.9. The zero-order chi connectivity index (χ0) is 19.2. The molecule has 2 heterocycles. The van der Waals surface area contributed by atoms with Crippen LogP contribution in [-0.4, -0.2) is 27.6 Å². The molecule has 0 aliphatic rings. The van der Waals surface area contributed by atoms with E-state index < -0.39 is 11.9 Å². The summed E-state index contributed by atoms with van der Waals surface area (Å²) in [6, 6.07) is 8.67. The summed E-state index contributed by atoms with van der Waals surface area (Å²) in [4.78, 5) is 20.6. The van der Waals surface area contributed by atoms with Crippen molar-refractivity contribution in [3.63, 3.8) is 0 Å². The van der Waals surface area contributed by atoms with Crippen LogP contribution in [0.5, 0.6) is 5.75 Å². The molecule has 0 fully saturated rings. The Hall–Kier alpha value is -3.29. The maximum Gasteiger partial charge on any atom is 0.258 e. The lowest BCUT2D eigenvalue weighted by Gasteiger charge is -2.18. The predicted octanol–water partition coefficient (Wildman–Crippen LogP) is 3.16. The fourth-order valence-electron chi connectivity index (χ4n) is 2.41. The summed E-state index contributed by atoms with van der Waals surface area (Å²) in [5.74, 6) is 0.209. The molecule has 3 aromatic rings. The molecule has 2 aromatic heterocycles. The second-order valence-corrected chi connectivity index (χ2v) is 6.23. The average Bonchev–Trinajstić information content (AvgIpc) is 3.15.